The highest BCUT2D eigenvalue weighted by Crippen LogP contribution is 2.42. The fraction of sp³-hybridized carbons (Fsp3) is 0.250. The van der Waals surface area contributed by atoms with Gasteiger partial charge >= 0.3 is 0 Å². The first-order chi connectivity index (χ1) is 16.0. The van der Waals surface area contributed by atoms with Crippen LogP contribution in [0.2, 0.25) is 0 Å². The predicted molar refractivity (Wildman–Crippen MR) is 130 cm³/mol. The van der Waals surface area contributed by atoms with Crippen LogP contribution >= 0.6 is 0 Å². The van der Waals surface area contributed by atoms with Crippen molar-refractivity contribution in [2.45, 2.75) is 13.5 Å². The maximum atomic E-state index is 13.2. The van der Waals surface area contributed by atoms with Crippen molar-refractivity contribution in [1.29, 1.82) is 0 Å². The Balaban J connectivity index is 1.42. The molecule has 3 aromatic carbocycles. The lowest BCUT2D eigenvalue weighted by Gasteiger charge is -2.32. The first-order valence-electron chi connectivity index (χ1n) is 11.4. The molecule has 3 aromatic rings. The summed E-state index contributed by atoms with van der Waals surface area (Å²) in [4.78, 5) is 17.8. The molecule has 0 atom stereocenters. The predicted octanol–water partition coefficient (Wildman–Crippen LogP) is 4.73. The van der Waals surface area contributed by atoms with Crippen molar-refractivity contribution < 1.29 is 14.6 Å². The number of aryl methyl sites for hydroxylation is 1. The number of fused-ring (bicyclic) bond motifs is 1. The van der Waals surface area contributed by atoms with Gasteiger partial charge in [-0.15, -0.1) is 0 Å². The highest BCUT2D eigenvalue weighted by atomic mass is 16.5. The zero-order valence-electron chi connectivity index (χ0n) is 19.0. The third kappa shape index (κ3) is 4.30. The van der Waals surface area contributed by atoms with Crippen molar-refractivity contribution in [1.82, 2.24) is 9.80 Å². The van der Waals surface area contributed by atoms with Crippen molar-refractivity contribution in [2.24, 2.45) is 0 Å². The molecule has 2 heterocycles. The van der Waals surface area contributed by atoms with Gasteiger partial charge in [0.05, 0.1) is 11.1 Å². The van der Waals surface area contributed by atoms with Gasteiger partial charge in [-0.2, -0.15) is 0 Å². The van der Waals surface area contributed by atoms with E-state index in [0.717, 1.165) is 48.4 Å². The van der Waals surface area contributed by atoms with Gasteiger partial charge in [0, 0.05) is 32.7 Å². The standard InChI is InChI=1S/C28H28N2O3/c1-19-16-24(31)23(18-30-14-12-29(2)13-15-30)28-26(19)27(32)25(33-28)17-20-8-10-22(11-9-20)21-6-4-3-5-7-21/h3-11,16-17,31H,12-15,18H2,1-2H3/b25-17-. The molecular formula is C28H28N2O3. The summed E-state index contributed by atoms with van der Waals surface area (Å²) in [6.07, 6.45) is 1.78. The molecule has 168 valence electrons. The molecule has 5 nitrogen and oxygen atoms in total. The Morgan fingerprint density at radius 1 is 0.970 bits per heavy atom. The summed E-state index contributed by atoms with van der Waals surface area (Å²) in [7, 11) is 2.11. The third-order valence-electron chi connectivity index (χ3n) is 6.51. The van der Waals surface area contributed by atoms with Crippen molar-refractivity contribution >= 4 is 11.9 Å². The average molecular weight is 441 g/mol. The van der Waals surface area contributed by atoms with Gasteiger partial charge in [0.15, 0.2) is 5.76 Å². The molecule has 0 bridgehead atoms. The van der Waals surface area contributed by atoms with Gasteiger partial charge in [0.1, 0.15) is 11.5 Å². The average Bonchev–Trinajstić information content (AvgIpc) is 3.15. The summed E-state index contributed by atoms with van der Waals surface area (Å²) in [5.74, 6) is 0.857. The summed E-state index contributed by atoms with van der Waals surface area (Å²) < 4.78 is 6.11. The second kappa shape index (κ2) is 8.85. The molecular weight excluding hydrogens is 412 g/mol. The highest BCUT2D eigenvalue weighted by molar-refractivity contribution is 6.15. The lowest BCUT2D eigenvalue weighted by molar-refractivity contribution is 0.101. The number of carbonyl (C=O) groups is 1. The van der Waals surface area contributed by atoms with Crippen LogP contribution in [0.15, 0.2) is 66.4 Å². The van der Waals surface area contributed by atoms with Crippen LogP contribution in [0.3, 0.4) is 0 Å². The van der Waals surface area contributed by atoms with Gasteiger partial charge in [-0.1, -0.05) is 54.6 Å². The van der Waals surface area contributed by atoms with Crippen LogP contribution in [0, 0.1) is 6.92 Å². The fourth-order valence-corrected chi connectivity index (χ4v) is 4.52. The first kappa shape index (κ1) is 21.4. The molecule has 0 radical (unpaired) electrons. The topological polar surface area (TPSA) is 53.0 Å². The van der Waals surface area contributed by atoms with E-state index in [1.165, 1.54) is 0 Å². The molecule has 0 saturated carbocycles. The number of phenols is 1. The lowest BCUT2D eigenvalue weighted by Crippen LogP contribution is -2.43. The van der Waals surface area contributed by atoms with Crippen LogP contribution < -0.4 is 4.74 Å². The lowest BCUT2D eigenvalue weighted by atomic mass is 9.98. The second-order valence-electron chi connectivity index (χ2n) is 8.90. The van der Waals surface area contributed by atoms with Crippen LogP contribution in [0.5, 0.6) is 11.5 Å². The first-order valence-corrected chi connectivity index (χ1v) is 11.4. The molecule has 1 saturated heterocycles. The van der Waals surface area contributed by atoms with Crippen molar-refractivity contribution in [3.05, 3.63) is 88.7 Å². The van der Waals surface area contributed by atoms with E-state index in [0.29, 0.717) is 29.2 Å². The Bertz CT molecular complexity index is 1210. The SMILES string of the molecule is Cc1cc(O)c(CN2CCN(C)CC2)c2c1C(=O)/C(=C/c1ccc(-c3ccccc3)cc1)O2. The number of benzene rings is 3. The molecule has 5 heteroatoms. The molecule has 0 unspecified atom stereocenters. The molecule has 0 amide bonds. The van der Waals surface area contributed by atoms with Crippen LogP contribution in [-0.2, 0) is 6.54 Å². The number of hydrogen-bond acceptors (Lipinski definition) is 5. The zero-order valence-corrected chi connectivity index (χ0v) is 19.0. The molecule has 1 fully saturated rings. The Morgan fingerprint density at radius 3 is 2.33 bits per heavy atom. The number of carbonyl (C=O) groups excluding carboxylic acids is 1. The van der Waals surface area contributed by atoms with Gasteiger partial charge in [-0.05, 0) is 48.4 Å². The Labute approximate surface area is 194 Å². The normalized spacial score (nSPS) is 17.9. The molecule has 0 aromatic heterocycles. The molecule has 5 rings (SSSR count). The monoisotopic (exact) mass is 440 g/mol. The Morgan fingerprint density at radius 2 is 1.64 bits per heavy atom. The fourth-order valence-electron chi connectivity index (χ4n) is 4.52. The van der Waals surface area contributed by atoms with Crippen molar-refractivity contribution in [3.8, 4) is 22.6 Å². The van der Waals surface area contributed by atoms with Gasteiger partial charge < -0.3 is 14.7 Å². The largest absolute Gasteiger partial charge is 0.507 e. The van der Waals surface area contributed by atoms with E-state index in [-0.39, 0.29) is 11.5 Å². The minimum Gasteiger partial charge on any atom is -0.507 e. The minimum atomic E-state index is -0.130. The number of ether oxygens (including phenoxy) is 1. The van der Waals surface area contributed by atoms with E-state index < -0.39 is 0 Å². The van der Waals surface area contributed by atoms with Gasteiger partial charge in [0.2, 0.25) is 5.78 Å². The third-order valence-corrected chi connectivity index (χ3v) is 6.51. The zero-order chi connectivity index (χ0) is 22.9. The number of rotatable bonds is 4. The van der Waals surface area contributed by atoms with Crippen molar-refractivity contribution in [3.63, 3.8) is 0 Å². The highest BCUT2D eigenvalue weighted by Gasteiger charge is 2.34. The van der Waals surface area contributed by atoms with Crippen LogP contribution in [-0.4, -0.2) is 53.9 Å². The summed E-state index contributed by atoms with van der Waals surface area (Å²) in [5.41, 5.74) is 5.15. The van der Waals surface area contributed by atoms with E-state index in [4.69, 9.17) is 4.74 Å². The molecule has 2 aliphatic rings. The Kier molecular flexibility index (Phi) is 5.75. The number of Topliss-reactive ketones (excluding diaryl/α,β-unsaturated/α-hetero) is 1. The number of aromatic hydroxyl groups is 1. The molecule has 0 aliphatic carbocycles. The summed E-state index contributed by atoms with van der Waals surface area (Å²) in [6.45, 7) is 6.22. The van der Waals surface area contributed by atoms with E-state index in [1.807, 2.05) is 49.4 Å². The molecule has 33 heavy (non-hydrogen) atoms. The quantitative estimate of drug-likeness (QED) is 0.595. The number of piperazine rings is 1. The summed E-state index contributed by atoms with van der Waals surface area (Å²) in [5, 5.41) is 10.7. The smallest absolute Gasteiger partial charge is 0.232 e. The minimum absolute atomic E-state index is 0.130. The van der Waals surface area contributed by atoms with E-state index in [1.54, 1.807) is 12.1 Å². The maximum Gasteiger partial charge on any atom is 0.232 e. The number of hydrogen-bond donors (Lipinski definition) is 1. The van der Waals surface area contributed by atoms with Crippen LogP contribution in [0.4, 0.5) is 0 Å². The van der Waals surface area contributed by atoms with E-state index in [9.17, 15) is 9.90 Å². The summed E-state index contributed by atoms with van der Waals surface area (Å²) in [6, 6.07) is 19.9. The molecule has 0 spiro atoms. The molecule has 1 N–H and O–H groups in total. The number of likely N-dealkylation sites (N-methyl/N-ethyl adjacent to an activating group) is 1. The number of phenolic OH excluding ortho intramolecular Hbond substituents is 1. The molecule has 2 aliphatic heterocycles. The van der Waals surface area contributed by atoms with Crippen LogP contribution in [0.1, 0.15) is 27.0 Å². The van der Waals surface area contributed by atoms with Gasteiger partial charge in [-0.25, -0.2) is 0 Å². The number of allylic oxidation sites excluding steroid dienone is 1. The Hall–Kier alpha value is -3.41. The van der Waals surface area contributed by atoms with E-state index in [2.05, 4.69) is 29.0 Å². The number of ketones is 1. The van der Waals surface area contributed by atoms with Gasteiger partial charge in [-0.3, -0.25) is 9.69 Å². The summed E-state index contributed by atoms with van der Waals surface area (Å²) >= 11 is 0. The van der Waals surface area contributed by atoms with Crippen LogP contribution in [0.25, 0.3) is 17.2 Å². The maximum absolute atomic E-state index is 13.2. The second-order valence-corrected chi connectivity index (χ2v) is 8.90. The number of nitrogens with zero attached hydrogens (tertiary/aromatic N) is 2. The van der Waals surface area contributed by atoms with Crippen molar-refractivity contribution in [2.75, 3.05) is 33.2 Å². The van der Waals surface area contributed by atoms with E-state index >= 15 is 0 Å². The van der Waals surface area contributed by atoms with Gasteiger partial charge in [0.25, 0.3) is 0 Å².